The zero-order valence-electron chi connectivity index (χ0n) is 17.7. The van der Waals surface area contributed by atoms with Crippen LogP contribution in [0.4, 0.5) is 0 Å². The number of hydrogen-bond acceptors (Lipinski definition) is 7. The Morgan fingerprint density at radius 3 is 2.48 bits per heavy atom. The van der Waals surface area contributed by atoms with E-state index in [1.54, 1.807) is 30.5 Å². The monoisotopic (exact) mass is 474 g/mol. The molecule has 0 aliphatic carbocycles. The van der Waals surface area contributed by atoms with Crippen molar-refractivity contribution >= 4 is 53.1 Å². The van der Waals surface area contributed by atoms with Gasteiger partial charge in [0.15, 0.2) is 5.96 Å². The summed E-state index contributed by atoms with van der Waals surface area (Å²) >= 11 is 4.34. The number of aliphatic imine (C=N–C) groups is 1. The van der Waals surface area contributed by atoms with Crippen molar-refractivity contribution in [2.45, 2.75) is 23.8 Å². The number of amides is 4. The van der Waals surface area contributed by atoms with Crippen molar-refractivity contribution in [1.82, 2.24) is 20.9 Å². The lowest BCUT2D eigenvalue weighted by Crippen LogP contribution is -2.48. The number of rotatable bonds is 11. The molecule has 1 heterocycles. The van der Waals surface area contributed by atoms with Crippen LogP contribution in [0.25, 0.3) is 10.9 Å². The maximum Gasteiger partial charge on any atom is 0.251 e. The molecule has 4 amide bonds. The topological polar surface area (TPSA) is 208 Å². The average molecular weight is 475 g/mol. The van der Waals surface area contributed by atoms with Gasteiger partial charge in [-0.15, -0.1) is 12.6 Å². The van der Waals surface area contributed by atoms with Gasteiger partial charge < -0.3 is 33.2 Å². The molecule has 2 rings (SSSR count). The number of thiol groups is 1. The minimum atomic E-state index is -0.930. The Kier molecular flexibility index (Phi) is 9.42. The predicted octanol–water partition coefficient (Wildman–Crippen LogP) is -1.61. The van der Waals surface area contributed by atoms with E-state index in [9.17, 15) is 19.2 Å². The van der Waals surface area contributed by atoms with Crippen LogP contribution >= 0.6 is 12.6 Å². The molecule has 0 radical (unpaired) electrons. The standard InChI is InChI=1S/C20H26N8O4S/c21-18(31)13(4-2-6-25-20(22)23)28-16(30)10-26-15(29)9-27-19(32)12-7-11-3-1-5-24-17(11)14(33)8-12/h1,3,5,7-8,13,33H,2,4,6,9-10H2,(H2,21,31)(H,26,29)(H,27,32)(H,28,30)(H4,22,23,25)/t13-/m0/s1. The lowest BCUT2D eigenvalue weighted by Gasteiger charge is -2.15. The Bertz CT molecular complexity index is 1070. The largest absolute Gasteiger partial charge is 0.370 e. The molecule has 0 aliphatic rings. The number of nitrogens with zero attached hydrogens (tertiary/aromatic N) is 2. The van der Waals surface area contributed by atoms with Crippen molar-refractivity contribution in [3.63, 3.8) is 0 Å². The van der Waals surface area contributed by atoms with E-state index >= 15 is 0 Å². The number of guanidine groups is 1. The summed E-state index contributed by atoms with van der Waals surface area (Å²) in [7, 11) is 0. The van der Waals surface area contributed by atoms with Crippen LogP contribution in [0, 0.1) is 0 Å². The van der Waals surface area contributed by atoms with E-state index in [0.29, 0.717) is 22.4 Å². The van der Waals surface area contributed by atoms with Crippen molar-refractivity contribution in [1.29, 1.82) is 0 Å². The minimum absolute atomic E-state index is 0.0758. The van der Waals surface area contributed by atoms with Gasteiger partial charge in [0.25, 0.3) is 5.91 Å². The first kappa shape index (κ1) is 25.4. The number of nitrogens with one attached hydrogen (secondary N) is 3. The molecule has 0 fully saturated rings. The first-order valence-corrected chi connectivity index (χ1v) is 10.4. The predicted molar refractivity (Wildman–Crippen MR) is 125 cm³/mol. The van der Waals surface area contributed by atoms with E-state index in [0.717, 1.165) is 5.39 Å². The van der Waals surface area contributed by atoms with Gasteiger partial charge in [0.05, 0.1) is 18.6 Å². The number of carbonyl (C=O) groups is 4. The van der Waals surface area contributed by atoms with Crippen molar-refractivity contribution in [3.8, 4) is 0 Å². The van der Waals surface area contributed by atoms with Crippen LogP contribution in [0.1, 0.15) is 23.2 Å². The molecule has 0 spiro atoms. The SMILES string of the molecule is NC(=O)[C@H](CCCN=C(N)N)NC(=O)CNC(=O)CNC(=O)c1cc(S)c2ncccc2c1. The Hall–Kier alpha value is -3.87. The molecule has 33 heavy (non-hydrogen) atoms. The fourth-order valence-electron chi connectivity index (χ4n) is 2.84. The molecule has 1 aromatic heterocycles. The molecule has 0 aliphatic heterocycles. The molecule has 176 valence electrons. The normalized spacial score (nSPS) is 11.3. The second-order valence-corrected chi connectivity index (χ2v) is 7.48. The summed E-state index contributed by atoms with van der Waals surface area (Å²) in [6, 6.07) is 5.80. The Morgan fingerprint density at radius 1 is 1.06 bits per heavy atom. The molecular weight excluding hydrogens is 448 g/mol. The fraction of sp³-hybridized carbons (Fsp3) is 0.300. The highest BCUT2D eigenvalue weighted by Crippen LogP contribution is 2.21. The van der Waals surface area contributed by atoms with Gasteiger partial charge in [-0.05, 0) is 31.0 Å². The summed E-state index contributed by atoms with van der Waals surface area (Å²) in [6.45, 7) is -0.466. The van der Waals surface area contributed by atoms with Gasteiger partial charge in [0.1, 0.15) is 6.04 Å². The molecule has 1 atom stereocenters. The van der Waals surface area contributed by atoms with Crippen molar-refractivity contribution in [2.75, 3.05) is 19.6 Å². The van der Waals surface area contributed by atoms with Crippen LogP contribution in [0.5, 0.6) is 0 Å². The number of fused-ring (bicyclic) bond motifs is 1. The summed E-state index contributed by atoms with van der Waals surface area (Å²) < 4.78 is 0. The van der Waals surface area contributed by atoms with E-state index in [-0.39, 0.29) is 25.5 Å². The van der Waals surface area contributed by atoms with Crippen molar-refractivity contribution in [2.24, 2.45) is 22.2 Å². The number of aromatic nitrogens is 1. The minimum Gasteiger partial charge on any atom is -0.370 e. The quantitative estimate of drug-likeness (QED) is 0.0876. The second kappa shape index (κ2) is 12.2. The van der Waals surface area contributed by atoms with Crippen LogP contribution in [0.3, 0.4) is 0 Å². The summed E-state index contributed by atoms with van der Waals surface area (Å²) in [4.78, 5) is 56.4. The van der Waals surface area contributed by atoms with E-state index < -0.39 is 36.2 Å². The van der Waals surface area contributed by atoms with Gasteiger partial charge in [0.2, 0.25) is 17.7 Å². The average Bonchev–Trinajstić information content (AvgIpc) is 2.77. The van der Waals surface area contributed by atoms with Gasteiger partial charge in [-0.3, -0.25) is 29.2 Å². The number of pyridine rings is 1. The zero-order chi connectivity index (χ0) is 24.4. The molecule has 0 unspecified atom stereocenters. The molecule has 12 nitrogen and oxygen atoms in total. The molecule has 0 saturated carbocycles. The number of carbonyl (C=O) groups excluding carboxylic acids is 4. The van der Waals surface area contributed by atoms with Crippen LogP contribution in [0.15, 0.2) is 40.4 Å². The third-order valence-corrected chi connectivity index (χ3v) is 4.77. The molecule has 0 saturated heterocycles. The first-order chi connectivity index (χ1) is 15.7. The number of primary amides is 1. The molecule has 0 bridgehead atoms. The number of hydrogen-bond donors (Lipinski definition) is 7. The second-order valence-electron chi connectivity index (χ2n) is 7.00. The van der Waals surface area contributed by atoms with E-state index in [1.165, 1.54) is 0 Å². The van der Waals surface area contributed by atoms with E-state index in [2.05, 4.69) is 38.6 Å². The molecule has 13 heteroatoms. The van der Waals surface area contributed by atoms with Crippen molar-refractivity contribution in [3.05, 3.63) is 36.0 Å². The Morgan fingerprint density at radius 2 is 1.79 bits per heavy atom. The van der Waals surface area contributed by atoms with Gasteiger partial charge in [-0.2, -0.15) is 0 Å². The van der Waals surface area contributed by atoms with Gasteiger partial charge in [0, 0.05) is 28.6 Å². The summed E-state index contributed by atoms with van der Waals surface area (Å²) in [5.74, 6) is -2.48. The van der Waals surface area contributed by atoms with Crippen molar-refractivity contribution < 1.29 is 19.2 Å². The van der Waals surface area contributed by atoms with Gasteiger partial charge in [-0.25, -0.2) is 0 Å². The smallest absolute Gasteiger partial charge is 0.251 e. The maximum atomic E-state index is 12.4. The van der Waals surface area contributed by atoms with Crippen LogP contribution in [-0.2, 0) is 14.4 Å². The van der Waals surface area contributed by atoms with Crippen LogP contribution < -0.4 is 33.2 Å². The highest BCUT2D eigenvalue weighted by molar-refractivity contribution is 7.80. The molecule has 2 aromatic rings. The van der Waals surface area contributed by atoms with E-state index in [1.807, 2.05) is 0 Å². The highest BCUT2D eigenvalue weighted by atomic mass is 32.1. The number of benzene rings is 1. The van der Waals surface area contributed by atoms with E-state index in [4.69, 9.17) is 17.2 Å². The third kappa shape index (κ3) is 8.29. The summed E-state index contributed by atoms with van der Waals surface area (Å²) in [5.41, 5.74) is 16.7. The molecule has 1 aromatic carbocycles. The van der Waals surface area contributed by atoms with Crippen LogP contribution in [-0.4, -0.2) is 60.2 Å². The zero-order valence-corrected chi connectivity index (χ0v) is 18.6. The highest BCUT2D eigenvalue weighted by Gasteiger charge is 2.18. The summed E-state index contributed by atoms with van der Waals surface area (Å²) in [6.07, 6.45) is 2.28. The number of nitrogens with two attached hydrogens (primary N) is 3. The Balaban J connectivity index is 1.78. The fourth-order valence-corrected chi connectivity index (χ4v) is 3.17. The maximum absolute atomic E-state index is 12.4. The lowest BCUT2D eigenvalue weighted by atomic mass is 10.1. The lowest BCUT2D eigenvalue weighted by molar-refractivity contribution is -0.128. The van der Waals surface area contributed by atoms with Crippen LogP contribution in [0.2, 0.25) is 0 Å². The summed E-state index contributed by atoms with van der Waals surface area (Å²) in [5, 5.41) is 8.00. The molecule has 9 N–H and O–H groups in total. The Labute approximate surface area is 195 Å². The van der Waals surface area contributed by atoms with Gasteiger partial charge in [-0.1, -0.05) is 6.07 Å². The van der Waals surface area contributed by atoms with Gasteiger partial charge >= 0.3 is 0 Å². The molecular formula is C20H26N8O4S. The first-order valence-electron chi connectivity index (χ1n) is 9.94. The third-order valence-electron chi connectivity index (χ3n) is 4.43.